The Labute approximate surface area is 110 Å². The molecule has 0 amide bonds. The van der Waals surface area contributed by atoms with E-state index in [2.05, 4.69) is 60.8 Å². The highest BCUT2D eigenvalue weighted by Gasteiger charge is 2.12. The molecule has 0 unspecified atom stereocenters. The second kappa shape index (κ2) is 3.56. The Balaban J connectivity index is 2.25. The molecule has 1 aliphatic heterocycles. The van der Waals surface area contributed by atoms with Gasteiger partial charge in [0, 0.05) is 10.3 Å². The Morgan fingerprint density at radius 3 is 2.67 bits per heavy atom. The van der Waals surface area contributed by atoms with Gasteiger partial charge in [-0.2, -0.15) is 0 Å². The van der Waals surface area contributed by atoms with Crippen molar-refractivity contribution in [2.75, 3.05) is 0 Å². The van der Waals surface area contributed by atoms with E-state index < -0.39 is 0 Å². The molecule has 18 heavy (non-hydrogen) atoms. The molecule has 0 atom stereocenters. The highest BCUT2D eigenvalue weighted by molar-refractivity contribution is 7.17. The molecule has 86 valence electrons. The van der Waals surface area contributed by atoms with Crippen molar-refractivity contribution in [3.63, 3.8) is 0 Å². The summed E-state index contributed by atoms with van der Waals surface area (Å²) in [6.07, 6.45) is 0. The molecule has 1 aliphatic carbocycles. The van der Waals surface area contributed by atoms with Crippen molar-refractivity contribution in [2.24, 2.45) is 0 Å². The van der Waals surface area contributed by atoms with Crippen LogP contribution in [-0.4, -0.2) is 0 Å². The van der Waals surface area contributed by atoms with Crippen molar-refractivity contribution in [1.29, 1.82) is 0 Å². The van der Waals surface area contributed by atoms with Crippen molar-refractivity contribution in [1.82, 2.24) is 0 Å². The molecule has 0 aromatic heterocycles. The van der Waals surface area contributed by atoms with Crippen LogP contribution in [0, 0.1) is 6.92 Å². The van der Waals surface area contributed by atoms with Crippen molar-refractivity contribution in [3.8, 4) is 11.1 Å². The number of hydrogen-bond acceptors (Lipinski definition) is 1. The molecule has 2 aromatic carbocycles. The Morgan fingerprint density at radius 1 is 0.833 bits per heavy atom. The Morgan fingerprint density at radius 2 is 1.72 bits per heavy atom. The first kappa shape index (κ1) is 10.1. The third-order valence-corrected chi connectivity index (χ3v) is 4.53. The zero-order chi connectivity index (χ0) is 12.1. The Hall–Kier alpha value is -1.86. The van der Waals surface area contributed by atoms with Gasteiger partial charge in [-0.25, -0.2) is 0 Å². The van der Waals surface area contributed by atoms with E-state index in [1.807, 2.05) is 11.3 Å². The van der Waals surface area contributed by atoms with Gasteiger partial charge in [0.05, 0.1) is 0 Å². The van der Waals surface area contributed by atoms with Crippen LogP contribution in [-0.2, 0) is 0 Å². The van der Waals surface area contributed by atoms with Crippen molar-refractivity contribution >= 4 is 32.2 Å². The quantitative estimate of drug-likeness (QED) is 0.387. The SMILES string of the molecule is Cc1ccc2scc3c4ccccc4cc-3c2c1. The summed E-state index contributed by atoms with van der Waals surface area (Å²) >= 11 is 1.83. The average Bonchev–Trinajstić information content (AvgIpc) is 2.78. The molecule has 2 aromatic rings. The maximum atomic E-state index is 2.32. The lowest BCUT2D eigenvalue weighted by Crippen LogP contribution is -1.78. The molecule has 0 saturated heterocycles. The molecule has 0 nitrogen and oxygen atoms in total. The van der Waals surface area contributed by atoms with E-state index in [0.29, 0.717) is 0 Å². The van der Waals surface area contributed by atoms with Gasteiger partial charge >= 0.3 is 0 Å². The maximum Gasteiger partial charge on any atom is 0.0349 e. The van der Waals surface area contributed by atoms with E-state index in [0.717, 1.165) is 0 Å². The summed E-state index contributed by atoms with van der Waals surface area (Å²) in [6.45, 7) is 2.16. The summed E-state index contributed by atoms with van der Waals surface area (Å²) in [5.74, 6) is 0. The summed E-state index contributed by atoms with van der Waals surface area (Å²) in [5, 5.41) is 6.38. The standard InChI is InChI=1S/C17H12S/c1-11-6-7-17-15(8-11)14-9-12-4-2-3-5-13(12)16(14)10-18-17/h2-10H,1H3. The monoisotopic (exact) mass is 248 g/mol. The molecule has 1 heterocycles. The van der Waals surface area contributed by atoms with Crippen LogP contribution in [0.5, 0.6) is 0 Å². The maximum absolute atomic E-state index is 2.32. The Bertz CT molecular complexity index is 839. The number of hydrogen-bond donors (Lipinski definition) is 0. The predicted molar refractivity (Wildman–Crippen MR) is 80.7 cm³/mol. The number of aryl methyl sites for hydroxylation is 1. The van der Waals surface area contributed by atoms with Crippen LogP contribution in [0.4, 0.5) is 0 Å². The Kier molecular flexibility index (Phi) is 2.00. The normalized spacial score (nSPS) is 11.6. The largest absolute Gasteiger partial charge is 0.143 e. The van der Waals surface area contributed by atoms with Crippen molar-refractivity contribution in [3.05, 3.63) is 59.5 Å². The molecule has 1 heteroatoms. The molecular weight excluding hydrogens is 236 g/mol. The summed E-state index contributed by atoms with van der Waals surface area (Å²) < 4.78 is 1.36. The van der Waals surface area contributed by atoms with Gasteiger partial charge in [0.25, 0.3) is 0 Å². The van der Waals surface area contributed by atoms with E-state index in [1.165, 1.54) is 37.5 Å². The first-order valence-corrected chi connectivity index (χ1v) is 7.00. The molecular formula is C17H12S. The summed E-state index contributed by atoms with van der Waals surface area (Å²) in [7, 11) is 0. The van der Waals surface area contributed by atoms with Gasteiger partial charge in [-0.1, -0.05) is 35.9 Å². The fourth-order valence-corrected chi connectivity index (χ4v) is 3.62. The van der Waals surface area contributed by atoms with Crippen molar-refractivity contribution in [2.45, 2.75) is 6.92 Å². The molecule has 2 aliphatic rings. The molecule has 0 N–H and O–H groups in total. The van der Waals surface area contributed by atoms with Gasteiger partial charge in [-0.15, -0.1) is 11.3 Å². The molecule has 0 spiro atoms. The van der Waals surface area contributed by atoms with Crippen LogP contribution in [0.3, 0.4) is 0 Å². The lowest BCUT2D eigenvalue weighted by Gasteiger charge is -2.05. The first-order chi connectivity index (χ1) is 8.83. The highest BCUT2D eigenvalue weighted by Crippen LogP contribution is 2.41. The summed E-state index contributed by atoms with van der Waals surface area (Å²) in [6, 6.07) is 17.7. The lowest BCUT2D eigenvalue weighted by atomic mass is 10.1. The third-order valence-electron chi connectivity index (χ3n) is 3.57. The lowest BCUT2D eigenvalue weighted by molar-refractivity contribution is 1.51. The van der Waals surface area contributed by atoms with E-state index in [1.54, 1.807) is 0 Å². The summed E-state index contributed by atoms with van der Waals surface area (Å²) in [5.41, 5.74) is 4.09. The van der Waals surface area contributed by atoms with Gasteiger partial charge in [-0.05, 0) is 52.2 Å². The van der Waals surface area contributed by atoms with E-state index in [4.69, 9.17) is 0 Å². The van der Waals surface area contributed by atoms with Crippen LogP contribution in [0.25, 0.3) is 32.0 Å². The zero-order valence-electron chi connectivity index (χ0n) is 10.1. The van der Waals surface area contributed by atoms with Gasteiger partial charge in [0.1, 0.15) is 0 Å². The average molecular weight is 248 g/mol. The predicted octanol–water partition coefficient (Wildman–Crippen LogP) is 5.47. The van der Waals surface area contributed by atoms with Crippen LogP contribution in [0.15, 0.2) is 53.9 Å². The van der Waals surface area contributed by atoms with Crippen LogP contribution in [0.2, 0.25) is 0 Å². The molecule has 0 bridgehead atoms. The fourth-order valence-electron chi connectivity index (χ4n) is 2.68. The van der Waals surface area contributed by atoms with E-state index in [-0.39, 0.29) is 0 Å². The zero-order valence-corrected chi connectivity index (χ0v) is 10.9. The molecule has 0 saturated carbocycles. The van der Waals surface area contributed by atoms with E-state index in [9.17, 15) is 0 Å². The minimum Gasteiger partial charge on any atom is -0.143 e. The molecule has 0 fully saturated rings. The number of rotatable bonds is 0. The molecule has 0 radical (unpaired) electrons. The molecule has 4 rings (SSSR count). The summed E-state index contributed by atoms with van der Waals surface area (Å²) in [4.78, 5) is 0. The second-order valence-corrected chi connectivity index (χ2v) is 5.71. The number of benzene rings is 2. The van der Waals surface area contributed by atoms with Crippen LogP contribution < -0.4 is 0 Å². The minimum atomic E-state index is 1.33. The van der Waals surface area contributed by atoms with Crippen molar-refractivity contribution < 1.29 is 0 Å². The smallest absolute Gasteiger partial charge is 0.0349 e. The van der Waals surface area contributed by atoms with Gasteiger partial charge in [0.2, 0.25) is 0 Å². The highest BCUT2D eigenvalue weighted by atomic mass is 32.1. The second-order valence-electron chi connectivity index (χ2n) is 4.79. The van der Waals surface area contributed by atoms with E-state index >= 15 is 0 Å². The fraction of sp³-hybridized carbons (Fsp3) is 0.0588. The van der Waals surface area contributed by atoms with Crippen LogP contribution in [0.1, 0.15) is 5.56 Å². The topological polar surface area (TPSA) is 0 Å². The third kappa shape index (κ3) is 1.31. The van der Waals surface area contributed by atoms with Gasteiger partial charge in [0.15, 0.2) is 0 Å². The first-order valence-electron chi connectivity index (χ1n) is 6.12. The van der Waals surface area contributed by atoms with Gasteiger partial charge in [-0.3, -0.25) is 0 Å². The van der Waals surface area contributed by atoms with Gasteiger partial charge < -0.3 is 0 Å². The minimum absolute atomic E-state index is 1.33. The number of fused-ring (bicyclic) bond motifs is 5. The van der Waals surface area contributed by atoms with Crippen LogP contribution >= 0.6 is 11.3 Å².